The summed E-state index contributed by atoms with van der Waals surface area (Å²) in [5, 5.41) is 3.37. The first-order valence-electron chi connectivity index (χ1n) is 6.37. The van der Waals surface area contributed by atoms with Gasteiger partial charge in [0, 0.05) is 24.5 Å². The van der Waals surface area contributed by atoms with E-state index in [-0.39, 0.29) is 18.5 Å². The van der Waals surface area contributed by atoms with E-state index in [0.717, 1.165) is 5.82 Å². The summed E-state index contributed by atoms with van der Waals surface area (Å²) in [6.45, 7) is 4.01. The highest BCUT2D eigenvalue weighted by atomic mass is 35.5. The van der Waals surface area contributed by atoms with Gasteiger partial charge in [-0.15, -0.1) is 11.6 Å². The maximum absolute atomic E-state index is 11.9. The molecule has 7 heteroatoms. The molecular formula is C13H16Cl2N4O. The minimum atomic E-state index is -0.0770. The lowest BCUT2D eigenvalue weighted by Gasteiger charge is -2.11. The van der Waals surface area contributed by atoms with Crippen molar-refractivity contribution in [1.29, 1.82) is 0 Å². The van der Waals surface area contributed by atoms with E-state index in [1.165, 1.54) is 0 Å². The van der Waals surface area contributed by atoms with Crippen LogP contribution in [-0.4, -0.2) is 32.4 Å². The highest BCUT2D eigenvalue weighted by Crippen LogP contribution is 2.18. The zero-order valence-electron chi connectivity index (χ0n) is 11.4. The van der Waals surface area contributed by atoms with Gasteiger partial charge in [-0.2, -0.15) is 0 Å². The van der Waals surface area contributed by atoms with Crippen LogP contribution < -0.4 is 5.32 Å². The summed E-state index contributed by atoms with van der Waals surface area (Å²) in [6, 6.07) is 1.83. The van der Waals surface area contributed by atoms with Gasteiger partial charge < -0.3 is 9.88 Å². The molecule has 1 N–H and O–H groups in total. The molecule has 0 atom stereocenters. The molecule has 2 rings (SSSR count). The van der Waals surface area contributed by atoms with E-state index in [4.69, 9.17) is 23.2 Å². The van der Waals surface area contributed by atoms with Gasteiger partial charge in [0.15, 0.2) is 5.65 Å². The van der Waals surface area contributed by atoms with Crippen molar-refractivity contribution in [3.05, 3.63) is 23.1 Å². The summed E-state index contributed by atoms with van der Waals surface area (Å²) in [4.78, 5) is 20.6. The number of halogens is 2. The molecule has 2 aromatic heterocycles. The van der Waals surface area contributed by atoms with Crippen LogP contribution in [0.25, 0.3) is 11.2 Å². The van der Waals surface area contributed by atoms with Crippen LogP contribution in [0.2, 0.25) is 5.02 Å². The number of carbonyl (C=O) groups excluding carboxylic acids is 1. The number of fused-ring (bicyclic) bond motifs is 1. The monoisotopic (exact) mass is 314 g/mol. The molecule has 2 heterocycles. The zero-order chi connectivity index (χ0) is 14.7. The lowest BCUT2D eigenvalue weighted by atomic mass is 10.3. The molecule has 20 heavy (non-hydrogen) atoms. The van der Waals surface area contributed by atoms with E-state index in [1.807, 2.05) is 13.8 Å². The Morgan fingerprint density at radius 1 is 1.50 bits per heavy atom. The first kappa shape index (κ1) is 15.1. The minimum absolute atomic E-state index is 0.0770. The maximum Gasteiger partial charge on any atom is 0.240 e. The van der Waals surface area contributed by atoms with Gasteiger partial charge in [-0.05, 0) is 19.9 Å². The second-order valence-electron chi connectivity index (χ2n) is 4.77. The highest BCUT2D eigenvalue weighted by Gasteiger charge is 2.15. The number of carbonyl (C=O) groups is 1. The Labute approximate surface area is 127 Å². The van der Waals surface area contributed by atoms with Crippen molar-refractivity contribution < 1.29 is 4.79 Å². The summed E-state index contributed by atoms with van der Waals surface area (Å²) in [6.07, 6.45) is 2.12. The zero-order valence-corrected chi connectivity index (χ0v) is 12.9. The molecule has 0 fully saturated rings. The number of alkyl halides is 1. The third-order valence-corrected chi connectivity index (χ3v) is 3.10. The van der Waals surface area contributed by atoms with Gasteiger partial charge in [-0.1, -0.05) is 11.6 Å². The normalized spacial score (nSPS) is 11.2. The van der Waals surface area contributed by atoms with Gasteiger partial charge in [0.05, 0.1) is 5.02 Å². The highest BCUT2D eigenvalue weighted by molar-refractivity contribution is 6.31. The van der Waals surface area contributed by atoms with Crippen LogP contribution in [0.3, 0.4) is 0 Å². The number of rotatable bonds is 5. The third-order valence-electron chi connectivity index (χ3n) is 2.70. The second-order valence-corrected chi connectivity index (χ2v) is 5.59. The van der Waals surface area contributed by atoms with Crippen molar-refractivity contribution in [3.63, 3.8) is 0 Å². The molecule has 0 aliphatic rings. The fraction of sp³-hybridized carbons (Fsp3) is 0.462. The summed E-state index contributed by atoms with van der Waals surface area (Å²) >= 11 is 11.7. The van der Waals surface area contributed by atoms with E-state index in [0.29, 0.717) is 28.5 Å². The van der Waals surface area contributed by atoms with Gasteiger partial charge >= 0.3 is 0 Å². The number of imidazole rings is 1. The lowest BCUT2D eigenvalue weighted by molar-refractivity contribution is -0.122. The third kappa shape index (κ3) is 3.41. The summed E-state index contributed by atoms with van der Waals surface area (Å²) < 4.78 is 1.78. The molecule has 0 unspecified atom stereocenters. The molecule has 1 amide bonds. The average molecular weight is 315 g/mol. The predicted octanol–water partition coefficient (Wildman–Crippen LogP) is 2.39. The van der Waals surface area contributed by atoms with Crippen molar-refractivity contribution in [3.8, 4) is 0 Å². The van der Waals surface area contributed by atoms with Gasteiger partial charge in [0.25, 0.3) is 0 Å². The number of pyridine rings is 1. The number of aromatic nitrogens is 3. The minimum Gasteiger partial charge on any atom is -0.352 e. The molecule has 0 bridgehead atoms. The Balaban J connectivity index is 2.38. The molecule has 0 aromatic carbocycles. The first-order valence-corrected chi connectivity index (χ1v) is 7.28. The molecule has 0 spiro atoms. The molecule has 2 aromatic rings. The maximum atomic E-state index is 11.9. The molecule has 0 radical (unpaired) electrons. The Morgan fingerprint density at radius 3 is 2.90 bits per heavy atom. The predicted molar refractivity (Wildman–Crippen MR) is 80.2 cm³/mol. The average Bonchev–Trinajstić information content (AvgIpc) is 2.66. The standard InChI is InChI=1S/C13H16Cl2N4O/c1-8(2)17-12(20)7-19-11(3-4-14)18-10-5-9(15)6-16-13(10)19/h5-6,8H,3-4,7H2,1-2H3,(H,17,20). The van der Waals surface area contributed by atoms with Crippen molar-refractivity contribution >= 4 is 40.3 Å². The largest absolute Gasteiger partial charge is 0.352 e. The van der Waals surface area contributed by atoms with E-state index in [2.05, 4.69) is 15.3 Å². The molecule has 0 saturated heterocycles. The van der Waals surface area contributed by atoms with E-state index >= 15 is 0 Å². The molecule has 108 valence electrons. The van der Waals surface area contributed by atoms with Crippen LogP contribution in [0.15, 0.2) is 12.3 Å². The molecule has 0 aliphatic heterocycles. The summed E-state index contributed by atoms with van der Waals surface area (Å²) in [5.74, 6) is 1.10. The van der Waals surface area contributed by atoms with Gasteiger partial charge in [-0.25, -0.2) is 9.97 Å². The van der Waals surface area contributed by atoms with Crippen LogP contribution in [-0.2, 0) is 17.8 Å². The van der Waals surface area contributed by atoms with Crippen molar-refractivity contribution in [2.75, 3.05) is 5.88 Å². The van der Waals surface area contributed by atoms with Crippen molar-refractivity contribution in [1.82, 2.24) is 19.9 Å². The number of nitrogens with one attached hydrogen (secondary N) is 1. The van der Waals surface area contributed by atoms with Crippen LogP contribution in [0.5, 0.6) is 0 Å². The van der Waals surface area contributed by atoms with E-state index in [1.54, 1.807) is 16.8 Å². The van der Waals surface area contributed by atoms with Crippen molar-refractivity contribution in [2.24, 2.45) is 0 Å². The second kappa shape index (κ2) is 6.41. The molecule has 5 nitrogen and oxygen atoms in total. The Morgan fingerprint density at radius 2 is 2.25 bits per heavy atom. The molecule has 0 aliphatic carbocycles. The lowest BCUT2D eigenvalue weighted by Crippen LogP contribution is -2.33. The summed E-state index contributed by atoms with van der Waals surface area (Å²) in [5.41, 5.74) is 1.32. The molecule has 0 saturated carbocycles. The fourth-order valence-corrected chi connectivity index (χ4v) is 2.31. The Hall–Kier alpha value is -1.33. The molecular weight excluding hydrogens is 299 g/mol. The number of amides is 1. The van der Waals surface area contributed by atoms with Crippen LogP contribution in [0.4, 0.5) is 0 Å². The first-order chi connectivity index (χ1) is 9.51. The number of nitrogens with zero attached hydrogens (tertiary/aromatic N) is 3. The Kier molecular flexibility index (Phi) is 4.83. The quantitative estimate of drug-likeness (QED) is 0.862. The van der Waals surface area contributed by atoms with Gasteiger partial charge in [0.1, 0.15) is 17.9 Å². The van der Waals surface area contributed by atoms with Crippen LogP contribution in [0, 0.1) is 0 Å². The fourth-order valence-electron chi connectivity index (χ4n) is 1.99. The summed E-state index contributed by atoms with van der Waals surface area (Å²) in [7, 11) is 0. The number of hydrogen-bond donors (Lipinski definition) is 1. The number of aryl methyl sites for hydroxylation is 1. The smallest absolute Gasteiger partial charge is 0.240 e. The van der Waals surface area contributed by atoms with Crippen LogP contribution >= 0.6 is 23.2 Å². The topological polar surface area (TPSA) is 59.8 Å². The number of hydrogen-bond acceptors (Lipinski definition) is 3. The van der Waals surface area contributed by atoms with Gasteiger partial charge in [0.2, 0.25) is 5.91 Å². The SMILES string of the molecule is CC(C)NC(=O)Cn1c(CCCl)nc2cc(Cl)cnc21. The Bertz CT molecular complexity index is 624. The van der Waals surface area contributed by atoms with E-state index < -0.39 is 0 Å². The van der Waals surface area contributed by atoms with Crippen molar-refractivity contribution in [2.45, 2.75) is 32.9 Å². The van der Waals surface area contributed by atoms with E-state index in [9.17, 15) is 4.79 Å². The van der Waals surface area contributed by atoms with Crippen LogP contribution in [0.1, 0.15) is 19.7 Å². The van der Waals surface area contributed by atoms with Gasteiger partial charge in [-0.3, -0.25) is 4.79 Å².